The van der Waals surface area contributed by atoms with E-state index in [2.05, 4.69) is 9.97 Å². The molecule has 0 aliphatic carbocycles. The number of nitrogens with two attached hydrogens (primary N) is 2. The van der Waals surface area contributed by atoms with E-state index < -0.39 is 5.97 Å². The van der Waals surface area contributed by atoms with Gasteiger partial charge < -0.3 is 25.7 Å². The van der Waals surface area contributed by atoms with Gasteiger partial charge in [0.1, 0.15) is 28.6 Å². The molecule has 25 heavy (non-hydrogen) atoms. The molecule has 0 aliphatic heterocycles. The van der Waals surface area contributed by atoms with Gasteiger partial charge in [0.15, 0.2) is 0 Å². The molecule has 0 fully saturated rings. The number of nitrogen functional groups attached to an aromatic ring is 2. The lowest BCUT2D eigenvalue weighted by atomic mass is 10.2. The Morgan fingerprint density at radius 3 is 2.44 bits per heavy atom. The van der Waals surface area contributed by atoms with Crippen molar-refractivity contribution in [3.05, 3.63) is 42.0 Å². The number of rotatable bonds is 4. The molecule has 0 radical (unpaired) electrons. The molecule has 0 atom stereocenters. The molecule has 0 bridgehead atoms. The predicted molar refractivity (Wildman–Crippen MR) is 92.9 cm³/mol. The number of hydrogen-bond donors (Lipinski definition) is 2. The van der Waals surface area contributed by atoms with Crippen LogP contribution >= 0.6 is 0 Å². The summed E-state index contributed by atoms with van der Waals surface area (Å²) in [5.41, 5.74) is 12.2. The van der Waals surface area contributed by atoms with Gasteiger partial charge in [-0.3, -0.25) is 0 Å². The third-order valence-electron chi connectivity index (χ3n) is 3.55. The molecule has 2 aromatic carbocycles. The second-order valence-corrected chi connectivity index (χ2v) is 5.10. The lowest BCUT2D eigenvalue weighted by Crippen LogP contribution is -2.10. The van der Waals surface area contributed by atoms with Crippen molar-refractivity contribution in [2.45, 2.75) is 0 Å². The largest absolute Gasteiger partial charge is 0.497 e. The molecular formula is C17H16N4O4. The van der Waals surface area contributed by atoms with Crippen LogP contribution in [0.3, 0.4) is 0 Å². The number of methoxy groups -OCH3 is 2. The fourth-order valence-corrected chi connectivity index (χ4v) is 2.35. The van der Waals surface area contributed by atoms with E-state index in [4.69, 9.17) is 25.7 Å². The second-order valence-electron chi connectivity index (χ2n) is 5.10. The summed E-state index contributed by atoms with van der Waals surface area (Å²) in [6, 6.07) is 9.68. The molecule has 0 saturated carbocycles. The van der Waals surface area contributed by atoms with Gasteiger partial charge in [-0.25, -0.2) is 9.78 Å². The van der Waals surface area contributed by atoms with Crippen molar-refractivity contribution < 1.29 is 19.0 Å². The minimum Gasteiger partial charge on any atom is -0.497 e. The van der Waals surface area contributed by atoms with Crippen molar-refractivity contribution >= 4 is 28.6 Å². The van der Waals surface area contributed by atoms with E-state index in [9.17, 15) is 4.79 Å². The van der Waals surface area contributed by atoms with Crippen LogP contribution in [0.25, 0.3) is 10.9 Å². The number of carbonyl (C=O) groups excluding carboxylic acids is 1. The summed E-state index contributed by atoms with van der Waals surface area (Å²) in [6.45, 7) is 0. The zero-order chi connectivity index (χ0) is 18.0. The fourth-order valence-electron chi connectivity index (χ4n) is 2.35. The molecule has 0 aliphatic rings. The second kappa shape index (κ2) is 6.52. The normalized spacial score (nSPS) is 10.5. The Kier molecular flexibility index (Phi) is 4.25. The summed E-state index contributed by atoms with van der Waals surface area (Å²) in [6.07, 6.45) is 0. The maximum Gasteiger partial charge on any atom is 0.347 e. The summed E-state index contributed by atoms with van der Waals surface area (Å²) in [5.74, 6) is 0.879. The van der Waals surface area contributed by atoms with Crippen LogP contribution in [-0.2, 0) is 0 Å². The Morgan fingerprint density at radius 2 is 1.72 bits per heavy atom. The van der Waals surface area contributed by atoms with Crippen molar-refractivity contribution in [2.75, 3.05) is 25.7 Å². The van der Waals surface area contributed by atoms with Gasteiger partial charge in [0.05, 0.1) is 19.7 Å². The molecule has 3 rings (SSSR count). The highest BCUT2D eigenvalue weighted by Crippen LogP contribution is 2.28. The molecule has 8 nitrogen and oxygen atoms in total. The number of fused-ring (bicyclic) bond motifs is 1. The van der Waals surface area contributed by atoms with Gasteiger partial charge in [-0.15, -0.1) is 0 Å². The van der Waals surface area contributed by atoms with E-state index in [1.54, 1.807) is 36.4 Å². The summed E-state index contributed by atoms with van der Waals surface area (Å²) < 4.78 is 15.7. The molecule has 0 spiro atoms. The summed E-state index contributed by atoms with van der Waals surface area (Å²) in [5, 5.41) is 0.539. The SMILES string of the molecule is COc1ccc(OC)c(C(=O)Oc2ccc3nc(N)nc(N)c3c2)c1. The standard InChI is InChI=1S/C17H16N4O4/c1-23-9-4-6-14(24-2)12(7-9)16(22)25-10-3-5-13-11(8-10)15(18)21-17(19)20-13/h3-8H,1-2H3,(H4,18,19,20,21). The number of nitrogens with zero attached hydrogens (tertiary/aromatic N) is 2. The highest BCUT2D eigenvalue weighted by molar-refractivity contribution is 5.96. The van der Waals surface area contributed by atoms with Crippen LogP contribution in [0.2, 0.25) is 0 Å². The lowest BCUT2D eigenvalue weighted by Gasteiger charge is -2.11. The third-order valence-corrected chi connectivity index (χ3v) is 3.55. The topological polar surface area (TPSA) is 123 Å². The van der Waals surface area contributed by atoms with Crippen LogP contribution in [0, 0.1) is 0 Å². The van der Waals surface area contributed by atoms with Gasteiger partial charge in [0.2, 0.25) is 5.95 Å². The number of carbonyl (C=O) groups is 1. The van der Waals surface area contributed by atoms with Gasteiger partial charge in [0, 0.05) is 5.39 Å². The number of ether oxygens (including phenoxy) is 3. The van der Waals surface area contributed by atoms with E-state index in [-0.39, 0.29) is 17.3 Å². The summed E-state index contributed by atoms with van der Waals surface area (Å²) >= 11 is 0. The van der Waals surface area contributed by atoms with E-state index in [0.717, 1.165) is 0 Å². The van der Waals surface area contributed by atoms with Gasteiger partial charge >= 0.3 is 5.97 Å². The van der Waals surface area contributed by atoms with E-state index in [1.807, 2.05) is 0 Å². The van der Waals surface area contributed by atoms with Crippen molar-refractivity contribution in [3.8, 4) is 17.2 Å². The van der Waals surface area contributed by atoms with Crippen molar-refractivity contribution in [1.82, 2.24) is 9.97 Å². The molecular weight excluding hydrogens is 324 g/mol. The third kappa shape index (κ3) is 3.23. The number of benzene rings is 2. The first-order valence-corrected chi connectivity index (χ1v) is 7.28. The van der Waals surface area contributed by atoms with E-state index >= 15 is 0 Å². The Bertz CT molecular complexity index is 959. The highest BCUT2D eigenvalue weighted by atomic mass is 16.5. The maximum atomic E-state index is 12.5. The molecule has 8 heteroatoms. The fraction of sp³-hybridized carbons (Fsp3) is 0.118. The number of aromatic nitrogens is 2. The van der Waals surface area contributed by atoms with Crippen LogP contribution in [0.1, 0.15) is 10.4 Å². The first-order valence-electron chi connectivity index (χ1n) is 7.28. The number of hydrogen-bond acceptors (Lipinski definition) is 8. The Hall–Kier alpha value is -3.55. The lowest BCUT2D eigenvalue weighted by molar-refractivity contribution is 0.0731. The minimum absolute atomic E-state index is 0.0795. The number of esters is 1. The maximum absolute atomic E-state index is 12.5. The van der Waals surface area contributed by atoms with Gasteiger partial charge in [-0.05, 0) is 36.4 Å². The molecule has 0 unspecified atom stereocenters. The molecule has 0 saturated heterocycles. The van der Waals surface area contributed by atoms with Crippen molar-refractivity contribution in [2.24, 2.45) is 0 Å². The highest BCUT2D eigenvalue weighted by Gasteiger charge is 2.17. The Morgan fingerprint density at radius 1 is 0.960 bits per heavy atom. The quantitative estimate of drug-likeness (QED) is 0.546. The average molecular weight is 340 g/mol. The molecule has 4 N–H and O–H groups in total. The van der Waals surface area contributed by atoms with Crippen LogP contribution in [-0.4, -0.2) is 30.2 Å². The smallest absolute Gasteiger partial charge is 0.347 e. The van der Waals surface area contributed by atoms with Crippen LogP contribution in [0.5, 0.6) is 17.2 Å². The average Bonchev–Trinajstić information content (AvgIpc) is 2.61. The Labute approximate surface area is 143 Å². The van der Waals surface area contributed by atoms with Crippen LogP contribution in [0.15, 0.2) is 36.4 Å². The van der Waals surface area contributed by atoms with E-state index in [0.29, 0.717) is 28.2 Å². The van der Waals surface area contributed by atoms with Crippen LogP contribution in [0.4, 0.5) is 11.8 Å². The Balaban J connectivity index is 1.94. The van der Waals surface area contributed by atoms with E-state index in [1.165, 1.54) is 14.2 Å². The van der Waals surface area contributed by atoms with Gasteiger partial charge in [0.25, 0.3) is 0 Å². The molecule has 0 amide bonds. The molecule has 1 heterocycles. The monoisotopic (exact) mass is 340 g/mol. The molecule has 3 aromatic rings. The number of anilines is 2. The first-order chi connectivity index (χ1) is 12.0. The van der Waals surface area contributed by atoms with Gasteiger partial charge in [-0.2, -0.15) is 4.98 Å². The summed E-state index contributed by atoms with van der Waals surface area (Å²) in [7, 11) is 2.98. The zero-order valence-corrected chi connectivity index (χ0v) is 13.6. The van der Waals surface area contributed by atoms with Crippen LogP contribution < -0.4 is 25.7 Å². The summed E-state index contributed by atoms with van der Waals surface area (Å²) in [4.78, 5) is 20.5. The minimum atomic E-state index is -0.593. The molecule has 128 valence electrons. The van der Waals surface area contributed by atoms with Crippen molar-refractivity contribution in [3.63, 3.8) is 0 Å². The molecule has 1 aromatic heterocycles. The van der Waals surface area contributed by atoms with Gasteiger partial charge in [-0.1, -0.05) is 0 Å². The zero-order valence-electron chi connectivity index (χ0n) is 13.6. The predicted octanol–water partition coefficient (Wildman–Crippen LogP) is 2.03. The first kappa shape index (κ1) is 16.3. The van der Waals surface area contributed by atoms with Crippen molar-refractivity contribution in [1.29, 1.82) is 0 Å².